The van der Waals surface area contributed by atoms with Crippen molar-refractivity contribution < 1.29 is 9.59 Å². The summed E-state index contributed by atoms with van der Waals surface area (Å²) in [5.41, 5.74) is 5.83. The molecule has 1 aromatic carbocycles. The Kier molecular flexibility index (Phi) is 4.09. The summed E-state index contributed by atoms with van der Waals surface area (Å²) in [5.74, 6) is -0.409. The summed E-state index contributed by atoms with van der Waals surface area (Å²) in [6.45, 7) is 2.01. The van der Waals surface area contributed by atoms with Gasteiger partial charge >= 0.3 is 0 Å². The molecule has 0 radical (unpaired) electrons. The quantitative estimate of drug-likeness (QED) is 0.757. The van der Waals surface area contributed by atoms with E-state index in [2.05, 4.69) is 20.5 Å². The molecule has 0 bridgehead atoms. The van der Waals surface area contributed by atoms with E-state index < -0.39 is 11.8 Å². The number of aromatic amines is 1. The fraction of sp³-hybridized carbons (Fsp3) is 0.231. The normalized spacial score (nSPS) is 10.2. The van der Waals surface area contributed by atoms with Crippen LogP contribution in [0.25, 0.3) is 0 Å². The van der Waals surface area contributed by atoms with Crippen LogP contribution in [-0.2, 0) is 6.42 Å². The maximum absolute atomic E-state index is 12.0. The molecule has 2 rings (SSSR count). The molecule has 0 aliphatic carbocycles. The molecule has 1 heterocycles. The molecule has 7 nitrogen and oxygen atoms in total. The number of carbonyl (C=O) groups is 2. The summed E-state index contributed by atoms with van der Waals surface area (Å²) in [4.78, 5) is 27.3. The molecule has 0 saturated heterocycles. The van der Waals surface area contributed by atoms with E-state index >= 15 is 0 Å². The van der Waals surface area contributed by atoms with Crippen LogP contribution in [0.15, 0.2) is 24.3 Å². The van der Waals surface area contributed by atoms with Crippen LogP contribution in [0.2, 0.25) is 0 Å². The molecule has 20 heavy (non-hydrogen) atoms. The maximum atomic E-state index is 12.0. The Bertz CT molecular complexity index is 635. The predicted octanol–water partition coefficient (Wildman–Crippen LogP) is 1.11. The number of hydrogen-bond acceptors (Lipinski definition) is 4. The number of benzene rings is 1. The van der Waals surface area contributed by atoms with Crippen molar-refractivity contribution in [2.75, 3.05) is 5.32 Å². The van der Waals surface area contributed by atoms with Gasteiger partial charge in [-0.25, -0.2) is 4.98 Å². The molecule has 0 spiro atoms. The number of aromatic nitrogens is 3. The Morgan fingerprint density at radius 3 is 2.80 bits per heavy atom. The standard InChI is InChI=1S/C13H15N5O2/c1-2-5-10-16-12(18-17-10)13(20)15-9-7-4-3-6-8(9)11(14)19/h3-4,6-7H,2,5H2,1H3,(H2,14,19)(H,15,20)(H,16,17,18). The second-order valence-corrected chi connectivity index (χ2v) is 4.22. The molecule has 0 aliphatic heterocycles. The maximum Gasteiger partial charge on any atom is 0.295 e. The first-order valence-electron chi connectivity index (χ1n) is 6.23. The Morgan fingerprint density at radius 2 is 2.10 bits per heavy atom. The summed E-state index contributed by atoms with van der Waals surface area (Å²) in [6.07, 6.45) is 1.62. The zero-order valence-electron chi connectivity index (χ0n) is 11.0. The van der Waals surface area contributed by atoms with Crippen molar-refractivity contribution in [2.24, 2.45) is 5.73 Å². The van der Waals surface area contributed by atoms with Crippen molar-refractivity contribution in [1.29, 1.82) is 0 Å². The molecule has 0 fully saturated rings. The molecular formula is C13H15N5O2. The van der Waals surface area contributed by atoms with E-state index in [-0.39, 0.29) is 11.4 Å². The minimum Gasteiger partial charge on any atom is -0.366 e. The number of carbonyl (C=O) groups excluding carboxylic acids is 2. The average molecular weight is 273 g/mol. The van der Waals surface area contributed by atoms with Gasteiger partial charge in [-0.15, -0.1) is 5.10 Å². The van der Waals surface area contributed by atoms with Gasteiger partial charge in [-0.05, 0) is 18.6 Å². The Hall–Kier alpha value is -2.70. The van der Waals surface area contributed by atoms with Gasteiger partial charge in [0.1, 0.15) is 5.82 Å². The van der Waals surface area contributed by atoms with Gasteiger partial charge < -0.3 is 11.1 Å². The van der Waals surface area contributed by atoms with Gasteiger partial charge in [-0.3, -0.25) is 14.7 Å². The lowest BCUT2D eigenvalue weighted by molar-refractivity contribution is 0.100. The predicted molar refractivity (Wildman–Crippen MR) is 73.3 cm³/mol. The van der Waals surface area contributed by atoms with Crippen molar-refractivity contribution in [3.05, 3.63) is 41.5 Å². The Labute approximate surface area is 115 Å². The monoisotopic (exact) mass is 273 g/mol. The number of nitrogens with two attached hydrogens (primary N) is 1. The lowest BCUT2D eigenvalue weighted by Crippen LogP contribution is -2.19. The van der Waals surface area contributed by atoms with Crippen molar-refractivity contribution in [2.45, 2.75) is 19.8 Å². The van der Waals surface area contributed by atoms with Crippen LogP contribution in [0.1, 0.15) is 40.1 Å². The van der Waals surface area contributed by atoms with Crippen LogP contribution in [0.5, 0.6) is 0 Å². The van der Waals surface area contributed by atoms with Gasteiger partial charge in [0.05, 0.1) is 11.3 Å². The topological polar surface area (TPSA) is 114 Å². The van der Waals surface area contributed by atoms with Crippen molar-refractivity contribution in [1.82, 2.24) is 15.2 Å². The molecule has 0 saturated carbocycles. The van der Waals surface area contributed by atoms with Crippen LogP contribution in [0.4, 0.5) is 5.69 Å². The summed E-state index contributed by atoms with van der Waals surface area (Å²) >= 11 is 0. The van der Waals surface area contributed by atoms with Crippen LogP contribution >= 0.6 is 0 Å². The van der Waals surface area contributed by atoms with E-state index in [1.54, 1.807) is 24.3 Å². The smallest absolute Gasteiger partial charge is 0.295 e. The fourth-order valence-corrected chi connectivity index (χ4v) is 1.73. The highest BCUT2D eigenvalue weighted by molar-refractivity contribution is 6.07. The van der Waals surface area contributed by atoms with E-state index in [0.29, 0.717) is 11.5 Å². The summed E-state index contributed by atoms with van der Waals surface area (Å²) in [6, 6.07) is 6.50. The number of para-hydroxylation sites is 1. The molecule has 0 unspecified atom stereocenters. The van der Waals surface area contributed by atoms with Gasteiger partial charge in [0.15, 0.2) is 0 Å². The minimum absolute atomic E-state index is 0.0349. The minimum atomic E-state index is -0.609. The number of rotatable bonds is 5. The third-order valence-electron chi connectivity index (χ3n) is 2.66. The molecule has 0 aliphatic rings. The molecule has 0 atom stereocenters. The Morgan fingerprint density at radius 1 is 1.35 bits per heavy atom. The SMILES string of the molecule is CCCc1nc(C(=O)Nc2ccccc2C(N)=O)n[nH]1. The second-order valence-electron chi connectivity index (χ2n) is 4.22. The van der Waals surface area contributed by atoms with Gasteiger partial charge in [-0.1, -0.05) is 19.1 Å². The van der Waals surface area contributed by atoms with E-state index in [4.69, 9.17) is 5.73 Å². The first kappa shape index (κ1) is 13.7. The van der Waals surface area contributed by atoms with E-state index in [0.717, 1.165) is 12.8 Å². The lowest BCUT2D eigenvalue weighted by Gasteiger charge is -2.06. The average Bonchev–Trinajstić information content (AvgIpc) is 2.88. The van der Waals surface area contributed by atoms with Crippen LogP contribution in [0, 0.1) is 0 Å². The van der Waals surface area contributed by atoms with Crippen LogP contribution in [-0.4, -0.2) is 27.0 Å². The molecule has 7 heteroatoms. The van der Waals surface area contributed by atoms with Crippen molar-refractivity contribution in [3.8, 4) is 0 Å². The molecule has 2 amide bonds. The van der Waals surface area contributed by atoms with Crippen molar-refractivity contribution >= 4 is 17.5 Å². The van der Waals surface area contributed by atoms with E-state index in [9.17, 15) is 9.59 Å². The Balaban J connectivity index is 2.17. The highest BCUT2D eigenvalue weighted by Gasteiger charge is 2.15. The number of hydrogen-bond donors (Lipinski definition) is 3. The molecule has 104 valence electrons. The first-order valence-corrected chi connectivity index (χ1v) is 6.23. The second kappa shape index (κ2) is 5.96. The third-order valence-corrected chi connectivity index (χ3v) is 2.66. The summed E-state index contributed by atoms with van der Waals surface area (Å²) in [7, 11) is 0. The lowest BCUT2D eigenvalue weighted by atomic mass is 10.1. The number of amides is 2. The molecular weight excluding hydrogens is 258 g/mol. The highest BCUT2D eigenvalue weighted by Crippen LogP contribution is 2.14. The largest absolute Gasteiger partial charge is 0.366 e. The fourth-order valence-electron chi connectivity index (χ4n) is 1.73. The molecule has 4 N–H and O–H groups in total. The third kappa shape index (κ3) is 3.00. The summed E-state index contributed by atoms with van der Waals surface area (Å²) in [5, 5.41) is 9.12. The van der Waals surface area contributed by atoms with E-state index in [1.165, 1.54) is 0 Å². The van der Waals surface area contributed by atoms with Crippen molar-refractivity contribution in [3.63, 3.8) is 0 Å². The van der Waals surface area contributed by atoms with Gasteiger partial charge in [0.25, 0.3) is 11.8 Å². The highest BCUT2D eigenvalue weighted by atomic mass is 16.2. The van der Waals surface area contributed by atoms with Gasteiger partial charge in [-0.2, -0.15) is 0 Å². The summed E-state index contributed by atoms with van der Waals surface area (Å²) < 4.78 is 0. The van der Waals surface area contributed by atoms with Gasteiger partial charge in [0, 0.05) is 6.42 Å². The number of anilines is 1. The zero-order chi connectivity index (χ0) is 14.5. The number of primary amides is 1. The number of aryl methyl sites for hydroxylation is 1. The molecule has 2 aromatic rings. The number of H-pyrrole nitrogens is 1. The number of nitrogens with one attached hydrogen (secondary N) is 2. The zero-order valence-corrected chi connectivity index (χ0v) is 11.0. The number of nitrogens with zero attached hydrogens (tertiary/aromatic N) is 2. The van der Waals surface area contributed by atoms with E-state index in [1.807, 2.05) is 6.92 Å². The van der Waals surface area contributed by atoms with Crippen LogP contribution < -0.4 is 11.1 Å². The van der Waals surface area contributed by atoms with Crippen LogP contribution in [0.3, 0.4) is 0 Å². The van der Waals surface area contributed by atoms with Gasteiger partial charge in [0.2, 0.25) is 5.82 Å². The molecule has 1 aromatic heterocycles. The first-order chi connectivity index (χ1) is 9.61.